The van der Waals surface area contributed by atoms with E-state index in [0.29, 0.717) is 28.5 Å². The number of nitrogen functional groups attached to an aromatic ring is 1. The monoisotopic (exact) mass is 449 g/mol. The number of aliphatic hydroxyl groups excluding tert-OH is 1. The smallest absolute Gasteiger partial charge is 0.263 e. The summed E-state index contributed by atoms with van der Waals surface area (Å²) in [6, 6.07) is -0.0178. The van der Waals surface area contributed by atoms with Crippen molar-refractivity contribution in [2.75, 3.05) is 58.2 Å². The van der Waals surface area contributed by atoms with Crippen LogP contribution in [0.4, 0.5) is 5.69 Å². The first-order chi connectivity index (χ1) is 14.9. The molecule has 2 saturated heterocycles. The summed E-state index contributed by atoms with van der Waals surface area (Å²) in [7, 11) is 0. The molecule has 0 aliphatic carbocycles. The van der Waals surface area contributed by atoms with Gasteiger partial charge in [-0.2, -0.15) is 5.10 Å². The van der Waals surface area contributed by atoms with Crippen LogP contribution in [0.15, 0.2) is 0 Å². The zero-order chi connectivity index (χ0) is 22.0. The van der Waals surface area contributed by atoms with Gasteiger partial charge in [-0.05, 0) is 38.9 Å². The number of thiophene rings is 1. The van der Waals surface area contributed by atoms with E-state index in [-0.39, 0.29) is 11.9 Å². The minimum absolute atomic E-state index is 0.0178. The Labute approximate surface area is 185 Å². The summed E-state index contributed by atoms with van der Waals surface area (Å²) in [6.07, 6.45) is 0.269. The van der Waals surface area contributed by atoms with Crippen LogP contribution in [0.1, 0.15) is 27.3 Å². The fourth-order valence-electron chi connectivity index (χ4n) is 3.95. The van der Waals surface area contributed by atoms with E-state index in [9.17, 15) is 9.90 Å². The molecule has 4 rings (SSSR count). The Balaban J connectivity index is 1.21. The van der Waals surface area contributed by atoms with Crippen LogP contribution in [-0.2, 0) is 4.74 Å². The number of ether oxygens (including phenoxy) is 1. The van der Waals surface area contributed by atoms with Crippen molar-refractivity contribution in [1.29, 1.82) is 0 Å². The second-order valence-corrected chi connectivity index (χ2v) is 9.19. The first kappa shape index (κ1) is 22.3. The van der Waals surface area contributed by atoms with Gasteiger partial charge in [0, 0.05) is 31.6 Å². The highest BCUT2D eigenvalue weighted by molar-refractivity contribution is 7.21. The van der Waals surface area contributed by atoms with Crippen molar-refractivity contribution >= 4 is 33.1 Å². The standard InChI is InChI=1S/C20H31N7O3S/c1-12-13(2)24-25-19-15(12)16(21)17(31-19)18(28)23-14-10-27(11-14)20(29)22-4-3-5-26-6-8-30-9-7-26/h14,20,22,29H,3-11,21H2,1-2H3,(H,23,28). The van der Waals surface area contributed by atoms with Crippen LogP contribution < -0.4 is 16.4 Å². The Morgan fingerprint density at radius 1 is 1.32 bits per heavy atom. The number of anilines is 1. The van der Waals surface area contributed by atoms with Crippen molar-refractivity contribution in [3.8, 4) is 0 Å². The normalized spacial score (nSPS) is 19.5. The number of nitrogens with one attached hydrogen (secondary N) is 2. The highest BCUT2D eigenvalue weighted by Crippen LogP contribution is 2.34. The predicted octanol–water partition coefficient (Wildman–Crippen LogP) is -0.108. The van der Waals surface area contributed by atoms with E-state index in [1.165, 1.54) is 11.3 Å². The molecule has 0 aromatic carbocycles. The van der Waals surface area contributed by atoms with Crippen molar-refractivity contribution in [3.05, 3.63) is 16.1 Å². The van der Waals surface area contributed by atoms with Gasteiger partial charge in [0.25, 0.3) is 5.91 Å². The van der Waals surface area contributed by atoms with E-state index >= 15 is 0 Å². The Morgan fingerprint density at radius 3 is 2.81 bits per heavy atom. The van der Waals surface area contributed by atoms with E-state index in [2.05, 4.69) is 25.7 Å². The van der Waals surface area contributed by atoms with Gasteiger partial charge in [0.05, 0.1) is 30.6 Å². The fourth-order valence-corrected chi connectivity index (χ4v) is 4.96. The van der Waals surface area contributed by atoms with E-state index in [4.69, 9.17) is 10.5 Å². The number of rotatable bonds is 8. The lowest BCUT2D eigenvalue weighted by molar-refractivity contribution is -0.0699. The number of fused-ring (bicyclic) bond motifs is 1. The maximum absolute atomic E-state index is 12.7. The van der Waals surface area contributed by atoms with Gasteiger partial charge < -0.3 is 20.9 Å². The minimum Gasteiger partial charge on any atom is -0.397 e. The third kappa shape index (κ3) is 4.97. The average Bonchev–Trinajstić information content (AvgIpc) is 3.08. The van der Waals surface area contributed by atoms with E-state index in [1.54, 1.807) is 0 Å². The number of carbonyl (C=O) groups excluding carboxylic acids is 1. The van der Waals surface area contributed by atoms with Gasteiger partial charge in [0.15, 0.2) is 6.35 Å². The van der Waals surface area contributed by atoms with Crippen LogP contribution in [0.25, 0.3) is 10.2 Å². The number of carbonyl (C=O) groups is 1. The van der Waals surface area contributed by atoms with Crippen molar-refractivity contribution < 1.29 is 14.6 Å². The molecule has 5 N–H and O–H groups in total. The average molecular weight is 450 g/mol. The highest BCUT2D eigenvalue weighted by Gasteiger charge is 2.33. The second kappa shape index (κ2) is 9.72. The van der Waals surface area contributed by atoms with Crippen molar-refractivity contribution in [3.63, 3.8) is 0 Å². The Bertz CT molecular complexity index is 925. The number of amides is 1. The largest absolute Gasteiger partial charge is 0.397 e. The molecule has 170 valence electrons. The molecule has 0 spiro atoms. The van der Waals surface area contributed by atoms with Crippen LogP contribution in [0.5, 0.6) is 0 Å². The molecular weight excluding hydrogens is 418 g/mol. The van der Waals surface area contributed by atoms with Crippen molar-refractivity contribution in [2.24, 2.45) is 0 Å². The molecule has 2 aromatic rings. The fraction of sp³-hybridized carbons (Fsp3) is 0.650. The van der Waals surface area contributed by atoms with Crippen molar-refractivity contribution in [1.82, 2.24) is 30.6 Å². The molecule has 31 heavy (non-hydrogen) atoms. The van der Waals surface area contributed by atoms with Gasteiger partial charge in [0.2, 0.25) is 0 Å². The molecule has 2 aromatic heterocycles. The van der Waals surface area contributed by atoms with Gasteiger partial charge in [-0.1, -0.05) is 0 Å². The maximum atomic E-state index is 12.7. The van der Waals surface area contributed by atoms with Crippen LogP contribution in [0, 0.1) is 13.8 Å². The van der Waals surface area contributed by atoms with Gasteiger partial charge in [-0.25, -0.2) is 0 Å². The minimum atomic E-state index is -0.701. The Kier molecular flexibility index (Phi) is 6.99. The first-order valence-electron chi connectivity index (χ1n) is 10.7. The molecule has 0 radical (unpaired) electrons. The second-order valence-electron chi connectivity index (χ2n) is 8.20. The molecule has 11 heteroatoms. The van der Waals surface area contributed by atoms with Gasteiger partial charge >= 0.3 is 0 Å². The number of hydrogen-bond donors (Lipinski definition) is 4. The molecule has 1 amide bonds. The zero-order valence-electron chi connectivity index (χ0n) is 18.1. The predicted molar refractivity (Wildman–Crippen MR) is 120 cm³/mol. The number of morpholine rings is 1. The number of aliphatic hydroxyl groups is 1. The molecule has 2 fully saturated rings. The number of nitrogens with two attached hydrogens (primary N) is 1. The lowest BCUT2D eigenvalue weighted by Crippen LogP contribution is -2.65. The van der Waals surface area contributed by atoms with Crippen LogP contribution in [0.2, 0.25) is 0 Å². The quantitative estimate of drug-likeness (QED) is 0.322. The summed E-state index contributed by atoms with van der Waals surface area (Å²) in [5.41, 5.74) is 8.48. The highest BCUT2D eigenvalue weighted by atomic mass is 32.1. The summed E-state index contributed by atoms with van der Waals surface area (Å²) in [4.78, 5) is 18.2. The molecule has 2 aliphatic heterocycles. The van der Waals surface area contributed by atoms with Gasteiger partial charge in [0.1, 0.15) is 9.71 Å². The van der Waals surface area contributed by atoms with Crippen molar-refractivity contribution in [2.45, 2.75) is 32.7 Å². The number of nitrogens with zero attached hydrogens (tertiary/aromatic N) is 4. The lowest BCUT2D eigenvalue weighted by Gasteiger charge is -2.42. The number of aromatic nitrogens is 2. The summed E-state index contributed by atoms with van der Waals surface area (Å²) in [6.45, 7) is 10.3. The molecule has 0 saturated carbocycles. The Hall–Kier alpha value is -1.89. The number of aryl methyl sites for hydroxylation is 2. The molecule has 4 heterocycles. The third-order valence-electron chi connectivity index (χ3n) is 6.01. The topological polar surface area (TPSA) is 129 Å². The Morgan fingerprint density at radius 2 is 2.06 bits per heavy atom. The van der Waals surface area contributed by atoms with Crippen LogP contribution >= 0.6 is 11.3 Å². The van der Waals surface area contributed by atoms with Gasteiger partial charge in [-0.3, -0.25) is 19.9 Å². The van der Waals surface area contributed by atoms with E-state index < -0.39 is 6.35 Å². The zero-order valence-corrected chi connectivity index (χ0v) is 18.9. The lowest BCUT2D eigenvalue weighted by atomic mass is 10.1. The van der Waals surface area contributed by atoms with E-state index in [0.717, 1.165) is 62.5 Å². The molecular formula is C20H31N7O3S. The summed E-state index contributed by atoms with van der Waals surface area (Å²) in [5.74, 6) is -0.199. The molecule has 1 atom stereocenters. The molecule has 2 aliphatic rings. The summed E-state index contributed by atoms with van der Waals surface area (Å²) in [5, 5.41) is 25.6. The van der Waals surface area contributed by atoms with Gasteiger partial charge in [-0.15, -0.1) is 16.4 Å². The third-order valence-corrected chi connectivity index (χ3v) is 7.10. The number of likely N-dealkylation sites (tertiary alicyclic amines) is 1. The molecule has 1 unspecified atom stereocenters. The maximum Gasteiger partial charge on any atom is 0.263 e. The summed E-state index contributed by atoms with van der Waals surface area (Å²) < 4.78 is 5.35. The molecule has 0 bridgehead atoms. The van der Waals surface area contributed by atoms with Crippen LogP contribution in [-0.4, -0.2) is 95.9 Å². The van der Waals surface area contributed by atoms with E-state index in [1.807, 2.05) is 18.7 Å². The SMILES string of the molecule is Cc1nnc2sc(C(=O)NC3CN(C(O)NCCCN4CCOCC4)C3)c(N)c2c1C. The summed E-state index contributed by atoms with van der Waals surface area (Å²) >= 11 is 1.27. The first-order valence-corrected chi connectivity index (χ1v) is 11.5. The molecule has 10 nitrogen and oxygen atoms in total. The number of hydrogen-bond acceptors (Lipinski definition) is 10. The van der Waals surface area contributed by atoms with Crippen LogP contribution in [0.3, 0.4) is 0 Å².